The molecule has 2 aliphatic rings. The summed E-state index contributed by atoms with van der Waals surface area (Å²) in [6, 6.07) is 5.92. The summed E-state index contributed by atoms with van der Waals surface area (Å²) in [5.41, 5.74) is 4.98. The number of ketones is 1. The molecule has 2 aromatic heterocycles. The van der Waals surface area contributed by atoms with E-state index in [9.17, 15) is 4.79 Å². The zero-order valence-corrected chi connectivity index (χ0v) is 18.8. The highest BCUT2D eigenvalue weighted by atomic mass is 16.1. The number of carbonyl (C=O) groups is 1. The summed E-state index contributed by atoms with van der Waals surface area (Å²) in [5, 5.41) is 9.36. The van der Waals surface area contributed by atoms with Gasteiger partial charge in [-0.25, -0.2) is 0 Å². The van der Waals surface area contributed by atoms with Crippen LogP contribution in [0.2, 0.25) is 0 Å². The SMILES string of the molecule is CN(C)CCn1nc2c3c(c(NCC/C=C\CCN4CC4)ccc31)C(=O)c1ccncc1-2. The zero-order valence-electron chi connectivity index (χ0n) is 18.8. The molecule has 0 spiro atoms. The molecule has 0 bridgehead atoms. The number of carbonyl (C=O) groups excluding carboxylic acids is 1. The summed E-state index contributed by atoms with van der Waals surface area (Å²) in [5.74, 6) is 0.0455. The summed E-state index contributed by atoms with van der Waals surface area (Å²) < 4.78 is 2.02. The molecule has 0 amide bonds. The molecule has 1 aliphatic heterocycles. The van der Waals surface area contributed by atoms with Crippen LogP contribution in [-0.4, -0.2) is 77.2 Å². The van der Waals surface area contributed by atoms with E-state index in [-0.39, 0.29) is 5.78 Å². The van der Waals surface area contributed by atoms with Crippen LogP contribution >= 0.6 is 0 Å². The third-order valence-corrected chi connectivity index (χ3v) is 6.17. The Morgan fingerprint density at radius 3 is 2.75 bits per heavy atom. The summed E-state index contributed by atoms with van der Waals surface area (Å²) in [6.45, 7) is 6.10. The van der Waals surface area contributed by atoms with E-state index in [0.29, 0.717) is 5.56 Å². The van der Waals surface area contributed by atoms with Crippen LogP contribution in [-0.2, 0) is 6.54 Å². The van der Waals surface area contributed by atoms with E-state index >= 15 is 0 Å². The number of pyridine rings is 1. The fourth-order valence-electron chi connectivity index (χ4n) is 4.30. The molecule has 1 aromatic carbocycles. The lowest BCUT2D eigenvalue weighted by atomic mass is 9.87. The molecule has 0 radical (unpaired) electrons. The third kappa shape index (κ3) is 4.06. The van der Waals surface area contributed by atoms with Gasteiger partial charge >= 0.3 is 0 Å². The number of likely N-dealkylation sites (N-methyl/N-ethyl adjacent to an activating group) is 1. The van der Waals surface area contributed by atoms with Gasteiger partial charge in [0.2, 0.25) is 0 Å². The quantitative estimate of drug-likeness (QED) is 0.237. The van der Waals surface area contributed by atoms with Crippen molar-refractivity contribution in [2.45, 2.75) is 19.4 Å². The molecule has 166 valence electrons. The van der Waals surface area contributed by atoms with Gasteiger partial charge < -0.3 is 15.1 Å². The summed E-state index contributed by atoms with van der Waals surface area (Å²) in [6.07, 6.45) is 9.97. The molecule has 1 saturated heterocycles. The Kier molecular flexibility index (Phi) is 5.76. The molecule has 0 atom stereocenters. The second-order valence-corrected chi connectivity index (χ2v) is 8.82. The van der Waals surface area contributed by atoms with E-state index in [4.69, 9.17) is 5.10 Å². The lowest BCUT2D eigenvalue weighted by Crippen LogP contribution is -2.19. The van der Waals surface area contributed by atoms with Crippen molar-refractivity contribution in [3.8, 4) is 11.3 Å². The first-order valence-corrected chi connectivity index (χ1v) is 11.4. The van der Waals surface area contributed by atoms with E-state index in [1.54, 1.807) is 18.5 Å². The van der Waals surface area contributed by atoms with E-state index < -0.39 is 0 Å². The number of aromatic nitrogens is 3. The molecular weight excluding hydrogens is 400 g/mol. The highest BCUT2D eigenvalue weighted by molar-refractivity contribution is 6.27. The van der Waals surface area contributed by atoms with Crippen molar-refractivity contribution in [1.82, 2.24) is 24.6 Å². The van der Waals surface area contributed by atoms with E-state index in [1.165, 1.54) is 13.1 Å². The van der Waals surface area contributed by atoms with Gasteiger partial charge in [0.1, 0.15) is 5.69 Å². The van der Waals surface area contributed by atoms with Gasteiger partial charge in [0.25, 0.3) is 0 Å². The normalized spacial score (nSPS) is 15.2. The first kappa shape index (κ1) is 20.8. The number of hydrogen-bond acceptors (Lipinski definition) is 6. The maximum Gasteiger partial charge on any atom is 0.196 e. The second-order valence-electron chi connectivity index (χ2n) is 8.82. The molecule has 0 saturated carbocycles. The molecule has 5 rings (SSSR count). The predicted octanol–water partition coefficient (Wildman–Crippen LogP) is 3.27. The first-order chi connectivity index (χ1) is 15.6. The second kappa shape index (κ2) is 8.84. The fourth-order valence-corrected chi connectivity index (χ4v) is 4.30. The average molecular weight is 431 g/mol. The van der Waals surface area contributed by atoms with Crippen molar-refractivity contribution in [1.29, 1.82) is 0 Å². The summed E-state index contributed by atoms with van der Waals surface area (Å²) in [7, 11) is 4.11. The standard InChI is InChI=1S/C25H30N6O/c1-29(2)13-16-31-21-8-7-20(27-10-5-3-4-6-12-30-14-15-30)22-23(21)24(28-31)19-17-26-11-9-18(19)25(22)32/h3-4,7-9,11,17,27H,5-6,10,12-16H2,1-2H3/b4-3-. The molecule has 7 heteroatoms. The molecular formula is C25H30N6O. The Bertz CT molecular complexity index is 1170. The Morgan fingerprint density at radius 1 is 1.09 bits per heavy atom. The van der Waals surface area contributed by atoms with Crippen LogP contribution in [0.5, 0.6) is 0 Å². The van der Waals surface area contributed by atoms with Gasteiger partial charge in [0.15, 0.2) is 5.78 Å². The smallest absolute Gasteiger partial charge is 0.196 e. The van der Waals surface area contributed by atoms with Crippen molar-refractivity contribution in [2.75, 3.05) is 52.1 Å². The number of hydrogen-bond donors (Lipinski definition) is 1. The van der Waals surface area contributed by atoms with E-state index in [2.05, 4.69) is 52.4 Å². The maximum atomic E-state index is 13.5. The van der Waals surface area contributed by atoms with Crippen molar-refractivity contribution in [3.05, 3.63) is 53.9 Å². The number of anilines is 1. The molecule has 0 unspecified atom stereocenters. The van der Waals surface area contributed by atoms with Gasteiger partial charge in [-0.2, -0.15) is 5.10 Å². The Balaban J connectivity index is 1.43. The average Bonchev–Trinajstić information content (AvgIpc) is 3.55. The van der Waals surface area contributed by atoms with Gasteiger partial charge in [-0.15, -0.1) is 0 Å². The molecule has 1 fully saturated rings. The molecule has 3 aromatic rings. The largest absolute Gasteiger partial charge is 0.384 e. The molecule has 3 heterocycles. The van der Waals surface area contributed by atoms with Gasteiger partial charge in [0, 0.05) is 67.3 Å². The minimum atomic E-state index is 0.0455. The lowest BCUT2D eigenvalue weighted by molar-refractivity contribution is 0.104. The summed E-state index contributed by atoms with van der Waals surface area (Å²) in [4.78, 5) is 22.3. The van der Waals surface area contributed by atoms with Gasteiger partial charge in [0.05, 0.1) is 17.6 Å². The van der Waals surface area contributed by atoms with E-state index in [0.717, 1.165) is 72.4 Å². The molecule has 7 nitrogen and oxygen atoms in total. The van der Waals surface area contributed by atoms with Gasteiger partial charge in [-0.1, -0.05) is 12.2 Å². The number of fused-ring (bicyclic) bond motifs is 2. The van der Waals surface area contributed by atoms with Crippen LogP contribution < -0.4 is 5.32 Å². The van der Waals surface area contributed by atoms with Crippen LogP contribution in [0.1, 0.15) is 28.8 Å². The number of nitrogens with one attached hydrogen (secondary N) is 1. The first-order valence-electron chi connectivity index (χ1n) is 11.4. The van der Waals surface area contributed by atoms with Crippen molar-refractivity contribution in [2.24, 2.45) is 0 Å². The Morgan fingerprint density at radius 2 is 1.94 bits per heavy atom. The maximum absolute atomic E-state index is 13.5. The van der Waals surface area contributed by atoms with Crippen LogP contribution in [0.25, 0.3) is 22.2 Å². The molecule has 32 heavy (non-hydrogen) atoms. The number of benzene rings is 1. The minimum absolute atomic E-state index is 0.0455. The van der Waals surface area contributed by atoms with Crippen LogP contribution in [0.3, 0.4) is 0 Å². The summed E-state index contributed by atoms with van der Waals surface area (Å²) >= 11 is 0. The Labute approximate surface area is 188 Å². The monoisotopic (exact) mass is 430 g/mol. The zero-order chi connectivity index (χ0) is 22.1. The van der Waals surface area contributed by atoms with Gasteiger partial charge in [-0.05, 0) is 45.1 Å². The van der Waals surface area contributed by atoms with Crippen LogP contribution in [0.15, 0.2) is 42.7 Å². The van der Waals surface area contributed by atoms with E-state index in [1.807, 2.05) is 10.7 Å². The van der Waals surface area contributed by atoms with Crippen molar-refractivity contribution in [3.63, 3.8) is 0 Å². The number of nitrogens with zero attached hydrogens (tertiary/aromatic N) is 5. The van der Waals surface area contributed by atoms with Crippen molar-refractivity contribution >= 4 is 22.4 Å². The highest BCUT2D eigenvalue weighted by Crippen LogP contribution is 2.41. The van der Waals surface area contributed by atoms with Gasteiger partial charge in [-0.3, -0.25) is 14.5 Å². The number of rotatable bonds is 10. The topological polar surface area (TPSA) is 66.1 Å². The van der Waals surface area contributed by atoms with Crippen LogP contribution in [0.4, 0.5) is 5.69 Å². The van der Waals surface area contributed by atoms with Crippen LogP contribution in [0, 0.1) is 0 Å². The highest BCUT2D eigenvalue weighted by Gasteiger charge is 2.31. The van der Waals surface area contributed by atoms with Crippen molar-refractivity contribution < 1.29 is 4.79 Å². The predicted molar refractivity (Wildman–Crippen MR) is 128 cm³/mol. The molecule has 1 N–H and O–H groups in total. The lowest BCUT2D eigenvalue weighted by Gasteiger charge is -2.18. The third-order valence-electron chi connectivity index (χ3n) is 6.17. The molecule has 1 aliphatic carbocycles. The minimum Gasteiger partial charge on any atom is -0.384 e. The Hall–Kier alpha value is -3.03. The fraction of sp³-hybridized carbons (Fsp3) is 0.400.